The molecular formula is C18H17CuP. The van der Waals surface area contributed by atoms with Crippen LogP contribution in [-0.4, -0.2) is 5.66 Å². The Balaban J connectivity index is 0.00000147. The number of allylic oxidation sites excluding steroid dienone is 4. The summed E-state index contributed by atoms with van der Waals surface area (Å²) in [4.78, 5) is 0. The van der Waals surface area contributed by atoms with E-state index in [1.807, 2.05) is 0 Å². The van der Waals surface area contributed by atoms with Crippen molar-refractivity contribution in [1.82, 2.24) is 0 Å². The van der Waals surface area contributed by atoms with E-state index in [-0.39, 0.29) is 25.0 Å². The quantitative estimate of drug-likeness (QED) is 0.590. The standard InChI is InChI=1S/C18H17P.Cu/c1-4-10-16(11-5-1)19(17-12-6-2-7-13-17)18-14-8-3-9-15-18;/h1-14,18H,15H2;. The van der Waals surface area contributed by atoms with Gasteiger partial charge in [-0.1, -0.05) is 85.0 Å². The van der Waals surface area contributed by atoms with Crippen LogP contribution in [0.25, 0.3) is 0 Å². The van der Waals surface area contributed by atoms with Gasteiger partial charge in [-0.2, -0.15) is 0 Å². The third kappa shape index (κ3) is 3.49. The molecule has 105 valence electrons. The summed E-state index contributed by atoms with van der Waals surface area (Å²) < 4.78 is 0. The second-order valence-electron chi connectivity index (χ2n) is 4.66. The Morgan fingerprint density at radius 3 is 1.75 bits per heavy atom. The van der Waals surface area contributed by atoms with Crippen LogP contribution in [0.15, 0.2) is 85.0 Å². The molecule has 0 nitrogen and oxygen atoms in total. The molecule has 1 atom stereocenters. The van der Waals surface area contributed by atoms with Crippen molar-refractivity contribution in [1.29, 1.82) is 0 Å². The predicted molar refractivity (Wildman–Crippen MR) is 85.8 cm³/mol. The van der Waals surface area contributed by atoms with Gasteiger partial charge in [-0.15, -0.1) is 0 Å². The van der Waals surface area contributed by atoms with Gasteiger partial charge in [0.1, 0.15) is 0 Å². The maximum Gasteiger partial charge on any atom is 0.00883 e. The monoisotopic (exact) mass is 327 g/mol. The summed E-state index contributed by atoms with van der Waals surface area (Å²) in [5.74, 6) is 0. The molecule has 0 spiro atoms. The van der Waals surface area contributed by atoms with Gasteiger partial charge in [0.2, 0.25) is 0 Å². The van der Waals surface area contributed by atoms with Crippen molar-refractivity contribution in [2.45, 2.75) is 12.1 Å². The number of rotatable bonds is 3. The van der Waals surface area contributed by atoms with Crippen LogP contribution in [0.4, 0.5) is 0 Å². The van der Waals surface area contributed by atoms with Gasteiger partial charge >= 0.3 is 0 Å². The zero-order valence-corrected chi connectivity index (χ0v) is 13.0. The molecule has 3 rings (SSSR count). The van der Waals surface area contributed by atoms with E-state index in [1.165, 1.54) is 10.6 Å². The number of hydrogen-bond acceptors (Lipinski definition) is 0. The summed E-state index contributed by atoms with van der Waals surface area (Å²) in [6, 6.07) is 21.9. The van der Waals surface area contributed by atoms with Crippen LogP contribution in [0.1, 0.15) is 6.42 Å². The first-order valence-electron chi connectivity index (χ1n) is 6.68. The van der Waals surface area contributed by atoms with Crippen molar-refractivity contribution in [2.24, 2.45) is 0 Å². The van der Waals surface area contributed by atoms with Crippen LogP contribution >= 0.6 is 7.92 Å². The summed E-state index contributed by atoms with van der Waals surface area (Å²) >= 11 is 0. The smallest absolute Gasteiger partial charge is 0.00883 e. The molecule has 0 fully saturated rings. The second kappa shape index (κ2) is 7.60. The minimum absolute atomic E-state index is 0. The van der Waals surface area contributed by atoms with Gasteiger partial charge in [0.15, 0.2) is 0 Å². The Hall–Kier alpha value is -1.13. The Bertz CT molecular complexity index is 535. The SMILES string of the molecule is C1=CCC(P(c2ccccc2)c2ccccc2)C=C1.[Cu]. The number of benzene rings is 2. The maximum atomic E-state index is 2.37. The van der Waals surface area contributed by atoms with Gasteiger partial charge < -0.3 is 0 Å². The molecule has 1 radical (unpaired) electrons. The van der Waals surface area contributed by atoms with Crippen LogP contribution in [0.3, 0.4) is 0 Å². The largest absolute Gasteiger partial charge is 0.0836 e. The van der Waals surface area contributed by atoms with Crippen LogP contribution in [-0.2, 0) is 17.1 Å². The molecule has 0 aromatic heterocycles. The van der Waals surface area contributed by atoms with E-state index in [0.717, 1.165) is 6.42 Å². The minimum Gasteiger partial charge on any atom is -0.0836 e. The zero-order chi connectivity index (χ0) is 12.9. The van der Waals surface area contributed by atoms with Crippen LogP contribution in [0.5, 0.6) is 0 Å². The molecule has 0 N–H and O–H groups in total. The molecule has 0 saturated carbocycles. The second-order valence-corrected chi connectivity index (χ2v) is 7.09. The third-order valence-corrected chi connectivity index (χ3v) is 6.11. The van der Waals surface area contributed by atoms with Crippen LogP contribution in [0.2, 0.25) is 0 Å². The fourth-order valence-corrected chi connectivity index (χ4v) is 5.12. The van der Waals surface area contributed by atoms with E-state index in [0.29, 0.717) is 5.66 Å². The van der Waals surface area contributed by atoms with E-state index in [4.69, 9.17) is 0 Å². The van der Waals surface area contributed by atoms with Crippen LogP contribution < -0.4 is 10.6 Å². The molecule has 0 aliphatic heterocycles. The van der Waals surface area contributed by atoms with E-state index in [2.05, 4.69) is 85.0 Å². The van der Waals surface area contributed by atoms with Gasteiger partial charge in [-0.05, 0) is 25.0 Å². The van der Waals surface area contributed by atoms with Crippen molar-refractivity contribution in [2.75, 3.05) is 0 Å². The molecule has 0 bridgehead atoms. The predicted octanol–water partition coefficient (Wildman–Crippen LogP) is 4.00. The molecule has 0 saturated heterocycles. The Morgan fingerprint density at radius 2 is 1.30 bits per heavy atom. The first kappa shape index (κ1) is 15.3. The average Bonchev–Trinajstić information content (AvgIpc) is 2.51. The first-order chi connectivity index (χ1) is 9.45. The van der Waals surface area contributed by atoms with Gasteiger partial charge in [0, 0.05) is 22.7 Å². The molecule has 2 heteroatoms. The van der Waals surface area contributed by atoms with Crippen molar-refractivity contribution in [3.63, 3.8) is 0 Å². The first-order valence-corrected chi connectivity index (χ1v) is 8.09. The Kier molecular flexibility index (Phi) is 5.80. The normalized spacial score (nSPS) is 16.9. The molecular weight excluding hydrogens is 311 g/mol. The van der Waals surface area contributed by atoms with Gasteiger partial charge in [0.25, 0.3) is 0 Å². The van der Waals surface area contributed by atoms with Crippen molar-refractivity contribution < 1.29 is 17.1 Å². The van der Waals surface area contributed by atoms with E-state index in [1.54, 1.807) is 0 Å². The van der Waals surface area contributed by atoms with Crippen molar-refractivity contribution in [3.8, 4) is 0 Å². The third-order valence-electron chi connectivity index (χ3n) is 3.36. The fourth-order valence-electron chi connectivity index (χ4n) is 2.47. The molecule has 2 aromatic carbocycles. The molecule has 0 amide bonds. The summed E-state index contributed by atoms with van der Waals surface area (Å²) in [6.45, 7) is 0. The van der Waals surface area contributed by atoms with E-state index in [9.17, 15) is 0 Å². The van der Waals surface area contributed by atoms with Gasteiger partial charge in [0.05, 0.1) is 0 Å². The summed E-state index contributed by atoms with van der Waals surface area (Å²) in [7, 11) is -0.307. The summed E-state index contributed by atoms with van der Waals surface area (Å²) in [6.07, 6.45) is 10.1. The summed E-state index contributed by atoms with van der Waals surface area (Å²) in [5, 5.41) is 2.93. The minimum atomic E-state index is -0.307. The molecule has 1 aliphatic rings. The summed E-state index contributed by atoms with van der Waals surface area (Å²) in [5.41, 5.74) is 0.616. The molecule has 20 heavy (non-hydrogen) atoms. The fraction of sp³-hybridized carbons (Fsp3) is 0.111. The van der Waals surface area contributed by atoms with E-state index >= 15 is 0 Å². The Morgan fingerprint density at radius 1 is 0.750 bits per heavy atom. The van der Waals surface area contributed by atoms with Crippen molar-refractivity contribution in [3.05, 3.63) is 85.0 Å². The maximum absolute atomic E-state index is 2.37. The molecule has 0 heterocycles. The molecule has 1 unspecified atom stereocenters. The average molecular weight is 328 g/mol. The van der Waals surface area contributed by atoms with Gasteiger partial charge in [-0.3, -0.25) is 0 Å². The number of hydrogen-bond donors (Lipinski definition) is 0. The topological polar surface area (TPSA) is 0 Å². The van der Waals surface area contributed by atoms with Crippen LogP contribution in [0, 0.1) is 0 Å². The zero-order valence-electron chi connectivity index (χ0n) is 11.1. The molecule has 2 aromatic rings. The Labute approximate surface area is 132 Å². The molecule has 1 aliphatic carbocycles. The van der Waals surface area contributed by atoms with Crippen molar-refractivity contribution >= 4 is 18.5 Å². The van der Waals surface area contributed by atoms with Gasteiger partial charge in [-0.25, -0.2) is 0 Å². The van der Waals surface area contributed by atoms with E-state index < -0.39 is 0 Å².